The third-order valence-electron chi connectivity index (χ3n) is 5.38. The topological polar surface area (TPSA) is 95.7 Å². The largest absolute Gasteiger partial charge is 0.366 e. The van der Waals surface area contributed by atoms with Crippen LogP contribution in [0.3, 0.4) is 0 Å². The highest BCUT2D eigenvalue weighted by atomic mass is 32.2. The van der Waals surface area contributed by atoms with Gasteiger partial charge in [-0.15, -0.1) is 0 Å². The molecule has 0 unspecified atom stereocenters. The first-order chi connectivity index (χ1) is 14.4. The third kappa shape index (κ3) is 4.05. The van der Waals surface area contributed by atoms with E-state index in [0.717, 1.165) is 17.1 Å². The zero-order chi connectivity index (χ0) is 21.3. The number of nitrogens with zero attached hydrogens (tertiary/aromatic N) is 6. The number of nitrogens with one attached hydrogen (secondary N) is 1. The van der Waals surface area contributed by atoms with Gasteiger partial charge in [-0.05, 0) is 29.9 Å². The lowest BCUT2D eigenvalue weighted by Crippen LogP contribution is -2.44. The van der Waals surface area contributed by atoms with Crippen LogP contribution in [-0.2, 0) is 16.8 Å². The lowest BCUT2D eigenvalue weighted by atomic mass is 9.94. The zero-order valence-electron chi connectivity index (χ0n) is 17.1. The van der Waals surface area contributed by atoms with Crippen LogP contribution in [0.2, 0.25) is 0 Å². The molecule has 9 nitrogen and oxygen atoms in total. The van der Waals surface area contributed by atoms with Crippen molar-refractivity contribution in [2.24, 2.45) is 0 Å². The monoisotopic (exact) mass is 425 g/mol. The van der Waals surface area contributed by atoms with Crippen molar-refractivity contribution in [2.45, 2.75) is 25.3 Å². The Balaban J connectivity index is 1.57. The maximum atomic E-state index is 12.4. The molecular formula is C19H24BN7O2S. The Morgan fingerprint density at radius 1 is 1.27 bits per heavy atom. The van der Waals surface area contributed by atoms with Gasteiger partial charge in [-0.25, -0.2) is 4.98 Å². The van der Waals surface area contributed by atoms with E-state index >= 15 is 0 Å². The van der Waals surface area contributed by atoms with Gasteiger partial charge < -0.3 is 5.32 Å². The van der Waals surface area contributed by atoms with Gasteiger partial charge in [-0.1, -0.05) is 6.07 Å². The second kappa shape index (κ2) is 8.33. The molecule has 0 spiro atoms. The Morgan fingerprint density at radius 2 is 2.03 bits per heavy atom. The van der Waals surface area contributed by atoms with E-state index in [4.69, 9.17) is 12.8 Å². The molecule has 11 heteroatoms. The van der Waals surface area contributed by atoms with E-state index in [1.807, 2.05) is 24.4 Å². The molecule has 0 amide bonds. The minimum absolute atomic E-state index is 0.150. The summed E-state index contributed by atoms with van der Waals surface area (Å²) in [6.45, 7) is 1.52. The lowest BCUT2D eigenvalue weighted by molar-refractivity contribution is 0.300. The number of aromatic nitrogens is 4. The van der Waals surface area contributed by atoms with Gasteiger partial charge in [0.2, 0.25) is 0 Å². The molecule has 1 aliphatic rings. The SMILES string of the molecule is [B]c1cnn2c(NCc3cccnc3)cc(C3CCN(S(=O)(=O)N(C)C)CC3)nc12. The van der Waals surface area contributed by atoms with Crippen LogP contribution in [-0.4, -0.2) is 71.6 Å². The van der Waals surface area contributed by atoms with Gasteiger partial charge in [0.25, 0.3) is 10.2 Å². The number of pyridine rings is 1. The van der Waals surface area contributed by atoms with Gasteiger partial charge in [0.05, 0.1) is 0 Å². The highest BCUT2D eigenvalue weighted by molar-refractivity contribution is 7.86. The van der Waals surface area contributed by atoms with Gasteiger partial charge in [-0.3, -0.25) is 4.98 Å². The van der Waals surface area contributed by atoms with Crippen LogP contribution < -0.4 is 10.8 Å². The van der Waals surface area contributed by atoms with Crippen LogP contribution >= 0.6 is 0 Å². The molecule has 3 aromatic rings. The van der Waals surface area contributed by atoms with E-state index in [1.54, 1.807) is 31.0 Å². The van der Waals surface area contributed by atoms with Crippen LogP contribution in [0.5, 0.6) is 0 Å². The van der Waals surface area contributed by atoms with Crippen molar-refractivity contribution in [3.8, 4) is 0 Å². The first-order valence-corrected chi connectivity index (χ1v) is 11.2. The zero-order valence-corrected chi connectivity index (χ0v) is 17.9. The molecule has 0 atom stereocenters. The Labute approximate surface area is 177 Å². The van der Waals surface area contributed by atoms with Crippen LogP contribution in [0, 0.1) is 0 Å². The Morgan fingerprint density at radius 3 is 2.70 bits per heavy atom. The Bertz CT molecular complexity index is 1130. The van der Waals surface area contributed by atoms with Gasteiger partial charge in [0, 0.05) is 70.0 Å². The molecule has 156 valence electrons. The summed E-state index contributed by atoms with van der Waals surface area (Å²) >= 11 is 0. The highest BCUT2D eigenvalue weighted by Gasteiger charge is 2.31. The molecule has 1 aliphatic heterocycles. The predicted molar refractivity (Wildman–Crippen MR) is 116 cm³/mol. The molecule has 2 radical (unpaired) electrons. The fourth-order valence-corrected chi connectivity index (χ4v) is 4.78. The number of anilines is 1. The van der Waals surface area contributed by atoms with Crippen molar-refractivity contribution in [1.82, 2.24) is 28.2 Å². The molecule has 0 aliphatic carbocycles. The molecule has 0 saturated carbocycles. The summed E-state index contributed by atoms with van der Waals surface area (Å²) in [6.07, 6.45) is 6.54. The fraction of sp³-hybridized carbons (Fsp3) is 0.421. The smallest absolute Gasteiger partial charge is 0.281 e. The number of hydrogen-bond donors (Lipinski definition) is 1. The Kier molecular flexibility index (Phi) is 5.76. The van der Waals surface area contributed by atoms with E-state index in [2.05, 4.69) is 15.4 Å². The molecule has 30 heavy (non-hydrogen) atoms. The van der Waals surface area contributed by atoms with E-state index in [0.29, 0.717) is 43.6 Å². The van der Waals surface area contributed by atoms with Crippen LogP contribution in [0.25, 0.3) is 5.65 Å². The Hall–Kier alpha value is -2.50. The second-order valence-electron chi connectivity index (χ2n) is 7.58. The summed E-state index contributed by atoms with van der Waals surface area (Å²) in [5.74, 6) is 0.941. The van der Waals surface area contributed by atoms with Crippen molar-refractivity contribution in [2.75, 3.05) is 32.5 Å². The minimum Gasteiger partial charge on any atom is -0.366 e. The summed E-state index contributed by atoms with van der Waals surface area (Å²) in [5, 5.41) is 7.74. The molecule has 1 saturated heterocycles. The standard InChI is InChI=1S/C19H24BN7O2S/c1-25(2)30(28,29)26-8-5-15(6-9-26)17-10-18(22-12-14-4-3-7-21-11-14)27-19(24-17)16(20)13-23-27/h3-4,7,10-11,13,15,22H,5-6,8-9,12H2,1-2H3. The van der Waals surface area contributed by atoms with Crippen molar-refractivity contribution in [3.05, 3.63) is 48.0 Å². The number of rotatable bonds is 6. The van der Waals surface area contributed by atoms with Gasteiger partial charge >= 0.3 is 0 Å². The van der Waals surface area contributed by atoms with Gasteiger partial charge in [-0.2, -0.15) is 26.6 Å². The van der Waals surface area contributed by atoms with Crippen LogP contribution in [0.1, 0.15) is 30.0 Å². The molecule has 1 N–H and O–H groups in total. The van der Waals surface area contributed by atoms with Crippen LogP contribution in [0.15, 0.2) is 36.8 Å². The van der Waals surface area contributed by atoms with Gasteiger partial charge in [0.1, 0.15) is 19.3 Å². The van der Waals surface area contributed by atoms with E-state index < -0.39 is 10.2 Å². The second-order valence-corrected chi connectivity index (χ2v) is 9.72. The molecule has 0 aromatic carbocycles. The first-order valence-electron chi connectivity index (χ1n) is 9.81. The van der Waals surface area contributed by atoms with E-state index in [-0.39, 0.29) is 5.92 Å². The number of fused-ring (bicyclic) bond motifs is 1. The summed E-state index contributed by atoms with van der Waals surface area (Å²) in [6, 6.07) is 5.88. The number of piperidine rings is 1. The highest BCUT2D eigenvalue weighted by Crippen LogP contribution is 2.30. The quantitative estimate of drug-likeness (QED) is 0.579. The molecule has 4 rings (SSSR count). The van der Waals surface area contributed by atoms with Crippen molar-refractivity contribution < 1.29 is 8.42 Å². The predicted octanol–water partition coefficient (Wildman–Crippen LogP) is 0.516. The molecule has 4 heterocycles. The van der Waals surface area contributed by atoms with E-state index in [9.17, 15) is 8.42 Å². The molecule has 0 bridgehead atoms. The molecule has 3 aromatic heterocycles. The van der Waals surface area contributed by atoms with Crippen molar-refractivity contribution in [1.29, 1.82) is 0 Å². The average molecular weight is 425 g/mol. The number of hydrogen-bond acceptors (Lipinski definition) is 6. The first kappa shape index (κ1) is 20.8. The maximum Gasteiger partial charge on any atom is 0.281 e. The molecular weight excluding hydrogens is 401 g/mol. The summed E-state index contributed by atoms with van der Waals surface area (Å²) in [7, 11) is 5.81. The van der Waals surface area contributed by atoms with Gasteiger partial charge in [0.15, 0.2) is 0 Å². The third-order valence-corrected chi connectivity index (χ3v) is 7.32. The lowest BCUT2D eigenvalue weighted by Gasteiger charge is -2.32. The van der Waals surface area contributed by atoms with Crippen LogP contribution in [0.4, 0.5) is 5.82 Å². The van der Waals surface area contributed by atoms with Crippen molar-refractivity contribution >= 4 is 35.0 Å². The minimum atomic E-state index is -3.39. The normalized spacial score (nSPS) is 16.4. The fourth-order valence-electron chi connectivity index (χ4n) is 3.64. The van der Waals surface area contributed by atoms with Crippen molar-refractivity contribution in [3.63, 3.8) is 0 Å². The summed E-state index contributed by atoms with van der Waals surface area (Å²) in [4.78, 5) is 8.88. The van der Waals surface area contributed by atoms with E-state index in [1.165, 1.54) is 8.61 Å². The summed E-state index contributed by atoms with van der Waals surface area (Å²) < 4.78 is 29.2. The summed E-state index contributed by atoms with van der Waals surface area (Å²) in [5.41, 5.74) is 3.05. The average Bonchev–Trinajstić information content (AvgIpc) is 3.13. The maximum absolute atomic E-state index is 12.4. The molecule has 1 fully saturated rings.